The Bertz CT molecular complexity index is 309. The first-order chi connectivity index (χ1) is 10.8. The minimum atomic E-state index is -2.94. The van der Waals surface area contributed by atoms with Crippen LogP contribution in [0.1, 0.15) is 69.2 Å². The van der Waals surface area contributed by atoms with Crippen molar-refractivity contribution in [2.45, 2.75) is 112 Å². The molecule has 0 saturated heterocycles. The van der Waals surface area contributed by atoms with E-state index in [-0.39, 0.29) is 30.5 Å². The van der Waals surface area contributed by atoms with Crippen LogP contribution in [0.25, 0.3) is 0 Å². The Morgan fingerprint density at radius 1 is 0.500 bits per heavy atom. The Kier molecular flexibility index (Phi) is 10.5. The molecule has 0 aromatic heterocycles. The van der Waals surface area contributed by atoms with E-state index < -0.39 is 17.4 Å². The van der Waals surface area contributed by atoms with Crippen LogP contribution in [0, 0.1) is 0 Å². The molecule has 0 rings (SSSR count). The van der Waals surface area contributed by atoms with Gasteiger partial charge in [0, 0.05) is 30.5 Å². The molecule has 0 radical (unpaired) electrons. The van der Waals surface area contributed by atoms with E-state index in [0.717, 1.165) is 0 Å². The molecular formula is C17H40O5Si2. The molecule has 0 aromatic carbocycles. The SMILES string of the molecule is CC(C)O[Si](C)(C[Si](OC(C)C)(OC(C)C)OC(C)C)OC(C)C. The quantitative estimate of drug-likeness (QED) is 0.461. The number of hydrogen-bond donors (Lipinski definition) is 0. The van der Waals surface area contributed by atoms with Gasteiger partial charge in [-0.05, 0) is 75.8 Å². The molecule has 146 valence electrons. The summed E-state index contributed by atoms with van der Waals surface area (Å²) < 4.78 is 31.4. The molecule has 0 aromatic rings. The molecular weight excluding hydrogens is 340 g/mol. The van der Waals surface area contributed by atoms with Crippen LogP contribution in [0.5, 0.6) is 0 Å². The van der Waals surface area contributed by atoms with E-state index >= 15 is 0 Å². The van der Waals surface area contributed by atoms with Gasteiger partial charge in [-0.2, -0.15) is 0 Å². The highest BCUT2D eigenvalue weighted by Gasteiger charge is 2.53. The molecule has 0 amide bonds. The molecule has 0 saturated carbocycles. The van der Waals surface area contributed by atoms with Gasteiger partial charge in [-0.3, -0.25) is 0 Å². The van der Waals surface area contributed by atoms with Gasteiger partial charge in [0.25, 0.3) is 0 Å². The predicted molar refractivity (Wildman–Crippen MR) is 103 cm³/mol. The maximum atomic E-state index is 6.29. The topological polar surface area (TPSA) is 46.2 Å². The molecule has 0 unspecified atom stereocenters. The van der Waals surface area contributed by atoms with Gasteiger partial charge < -0.3 is 22.1 Å². The van der Waals surface area contributed by atoms with Crippen molar-refractivity contribution < 1.29 is 22.1 Å². The fourth-order valence-electron chi connectivity index (χ4n) is 2.79. The lowest BCUT2D eigenvalue weighted by molar-refractivity contribution is 0.00261. The van der Waals surface area contributed by atoms with Crippen molar-refractivity contribution in [1.82, 2.24) is 0 Å². The van der Waals surface area contributed by atoms with Crippen LogP contribution in [0.2, 0.25) is 12.2 Å². The highest BCUT2D eigenvalue weighted by molar-refractivity contribution is 6.82. The normalized spacial score (nSPS) is 14.0. The first kappa shape index (κ1) is 24.2. The third-order valence-corrected chi connectivity index (χ3v) is 11.5. The summed E-state index contributed by atoms with van der Waals surface area (Å²) in [5, 5.41) is 0. The van der Waals surface area contributed by atoms with Crippen LogP contribution in [0.15, 0.2) is 0 Å². The Balaban J connectivity index is 5.68. The summed E-state index contributed by atoms with van der Waals surface area (Å²) in [6, 6.07) is 0. The van der Waals surface area contributed by atoms with Gasteiger partial charge in [0.1, 0.15) is 0 Å². The second-order valence-electron chi connectivity index (χ2n) is 7.83. The van der Waals surface area contributed by atoms with Crippen LogP contribution in [0.4, 0.5) is 0 Å². The molecule has 0 aliphatic rings. The van der Waals surface area contributed by atoms with Gasteiger partial charge >= 0.3 is 17.4 Å². The molecule has 0 atom stereocenters. The van der Waals surface area contributed by atoms with Crippen molar-refractivity contribution in [1.29, 1.82) is 0 Å². The van der Waals surface area contributed by atoms with Crippen molar-refractivity contribution in [3.05, 3.63) is 0 Å². The van der Waals surface area contributed by atoms with Crippen LogP contribution < -0.4 is 0 Å². The summed E-state index contributed by atoms with van der Waals surface area (Å²) in [4.78, 5) is 0. The molecule has 0 spiro atoms. The second kappa shape index (κ2) is 10.4. The van der Waals surface area contributed by atoms with E-state index in [4.69, 9.17) is 22.1 Å². The first-order valence-electron chi connectivity index (χ1n) is 9.18. The summed E-state index contributed by atoms with van der Waals surface area (Å²) in [6.45, 7) is 22.3. The van der Waals surface area contributed by atoms with Gasteiger partial charge in [-0.1, -0.05) is 0 Å². The van der Waals surface area contributed by atoms with Crippen LogP contribution in [-0.4, -0.2) is 47.9 Å². The zero-order chi connectivity index (χ0) is 19.1. The van der Waals surface area contributed by atoms with Crippen LogP contribution in [0.3, 0.4) is 0 Å². The van der Waals surface area contributed by atoms with E-state index in [1.165, 1.54) is 0 Å². The minimum Gasteiger partial charge on any atom is -0.392 e. The largest absolute Gasteiger partial charge is 0.503 e. The predicted octanol–water partition coefficient (Wildman–Crippen LogP) is 4.66. The molecule has 0 aliphatic carbocycles. The van der Waals surface area contributed by atoms with Crippen LogP contribution in [-0.2, 0) is 22.1 Å². The molecule has 0 fully saturated rings. The van der Waals surface area contributed by atoms with Crippen molar-refractivity contribution >= 4 is 17.4 Å². The van der Waals surface area contributed by atoms with E-state index in [9.17, 15) is 0 Å². The number of rotatable bonds is 12. The lowest BCUT2D eigenvalue weighted by atomic mass is 10.5. The maximum absolute atomic E-state index is 6.29. The minimum absolute atomic E-state index is 0.0190. The Labute approximate surface area is 152 Å². The van der Waals surface area contributed by atoms with Gasteiger partial charge in [-0.15, -0.1) is 0 Å². The zero-order valence-electron chi connectivity index (χ0n) is 17.6. The maximum Gasteiger partial charge on any atom is 0.503 e. The lowest BCUT2D eigenvalue weighted by Crippen LogP contribution is -2.59. The van der Waals surface area contributed by atoms with Crippen LogP contribution >= 0.6 is 0 Å². The first-order valence-corrected chi connectivity index (χ1v) is 13.6. The van der Waals surface area contributed by atoms with E-state index in [1.807, 2.05) is 69.2 Å². The van der Waals surface area contributed by atoms with E-state index in [0.29, 0.717) is 5.67 Å². The van der Waals surface area contributed by atoms with Crippen molar-refractivity contribution in [3.8, 4) is 0 Å². The fourth-order valence-corrected chi connectivity index (χ4v) is 12.0. The molecule has 0 N–H and O–H groups in total. The Morgan fingerprint density at radius 3 is 0.958 bits per heavy atom. The average Bonchev–Trinajstić information content (AvgIpc) is 2.20. The second-order valence-corrected chi connectivity index (χ2v) is 14.1. The summed E-state index contributed by atoms with van der Waals surface area (Å²) in [5.74, 6) is 0. The summed E-state index contributed by atoms with van der Waals surface area (Å²) in [6.07, 6.45) is 0.232. The standard InChI is InChI=1S/C17H40O5Si2/c1-13(2)18-23(11,19-14(3)4)12-24(20-15(5)6,21-16(7)8)22-17(9)10/h13-17H,12H2,1-11H3. The lowest BCUT2D eigenvalue weighted by Gasteiger charge is -2.40. The molecule has 7 heteroatoms. The van der Waals surface area contributed by atoms with Crippen molar-refractivity contribution in [2.24, 2.45) is 0 Å². The smallest absolute Gasteiger partial charge is 0.392 e. The monoisotopic (exact) mass is 380 g/mol. The van der Waals surface area contributed by atoms with Crippen molar-refractivity contribution in [2.75, 3.05) is 0 Å². The molecule has 0 heterocycles. The molecule has 0 bridgehead atoms. The average molecular weight is 381 g/mol. The number of hydrogen-bond acceptors (Lipinski definition) is 5. The van der Waals surface area contributed by atoms with Crippen molar-refractivity contribution in [3.63, 3.8) is 0 Å². The summed E-state index contributed by atoms with van der Waals surface area (Å²) in [7, 11) is -5.47. The van der Waals surface area contributed by atoms with Gasteiger partial charge in [0.15, 0.2) is 0 Å². The summed E-state index contributed by atoms with van der Waals surface area (Å²) in [5.41, 5.74) is 0.588. The molecule has 0 aliphatic heterocycles. The third kappa shape index (κ3) is 10.3. The molecule has 24 heavy (non-hydrogen) atoms. The van der Waals surface area contributed by atoms with E-state index in [2.05, 4.69) is 6.55 Å². The molecule has 5 nitrogen and oxygen atoms in total. The van der Waals surface area contributed by atoms with Gasteiger partial charge in [0.2, 0.25) is 0 Å². The fraction of sp³-hybridized carbons (Fsp3) is 1.00. The highest BCUT2D eigenvalue weighted by Crippen LogP contribution is 2.30. The summed E-state index contributed by atoms with van der Waals surface area (Å²) >= 11 is 0. The zero-order valence-corrected chi connectivity index (χ0v) is 19.6. The highest BCUT2D eigenvalue weighted by atomic mass is 28.4. The Hall–Kier alpha value is 0.234. The van der Waals surface area contributed by atoms with E-state index in [1.54, 1.807) is 0 Å². The van der Waals surface area contributed by atoms with Gasteiger partial charge in [0.05, 0.1) is 5.67 Å². The Morgan fingerprint density at radius 2 is 0.750 bits per heavy atom. The third-order valence-electron chi connectivity index (χ3n) is 2.75. The van der Waals surface area contributed by atoms with Gasteiger partial charge in [-0.25, -0.2) is 0 Å².